The largest absolute Gasteiger partial charge is 0.310 e. The van der Waals surface area contributed by atoms with Crippen LogP contribution < -0.4 is 26.2 Å². The van der Waals surface area contributed by atoms with Crippen molar-refractivity contribution in [3.05, 3.63) is 270 Å². The summed E-state index contributed by atoms with van der Waals surface area (Å²) in [7, 11) is 0. The fraction of sp³-hybridized carbons (Fsp3) is 0.171. The Hall–Kier alpha value is -9.94. The lowest BCUT2D eigenvalue weighted by molar-refractivity contribution is 0.444. The molecule has 1 fully saturated rings. The van der Waals surface area contributed by atoms with Crippen molar-refractivity contribution in [1.82, 2.24) is 0 Å². The Morgan fingerprint density at radius 3 is 1.05 bits per heavy atom. The number of rotatable bonds is 9. The summed E-state index contributed by atoms with van der Waals surface area (Å²) in [5.74, 6) is -0.207. The first-order chi connectivity index (χ1) is 50.6. The normalized spacial score (nSPS) is 16.9. The Kier molecular flexibility index (Phi) is 9.38. The van der Waals surface area contributed by atoms with E-state index in [4.69, 9.17) is 5.48 Å². The van der Waals surface area contributed by atoms with Crippen LogP contribution in [-0.4, -0.2) is 6.71 Å². The molecule has 4 nitrogen and oxygen atoms in total. The summed E-state index contributed by atoms with van der Waals surface area (Å²) >= 11 is 0. The van der Waals surface area contributed by atoms with Crippen LogP contribution in [0.25, 0.3) is 66.8 Å². The van der Waals surface area contributed by atoms with Crippen molar-refractivity contribution in [2.24, 2.45) is 0 Å². The summed E-state index contributed by atoms with van der Waals surface area (Å²) in [5.41, 5.74) is 5.75. The lowest BCUT2D eigenvalue weighted by atomic mass is 9.33. The van der Waals surface area contributed by atoms with Gasteiger partial charge in [-0.15, -0.1) is 0 Å². The second kappa shape index (κ2) is 22.2. The van der Waals surface area contributed by atoms with Gasteiger partial charge in [-0.1, -0.05) is 230 Å². The first kappa shape index (κ1) is 36.8. The zero-order valence-corrected chi connectivity index (χ0v) is 49.0. The third-order valence-corrected chi connectivity index (χ3v) is 17.3. The van der Waals surface area contributed by atoms with E-state index in [1.54, 1.807) is 48.5 Å². The van der Waals surface area contributed by atoms with Crippen molar-refractivity contribution >= 4 is 57.2 Å². The molecule has 0 N–H and O–H groups in total. The van der Waals surface area contributed by atoms with E-state index in [0.29, 0.717) is 96.5 Å². The van der Waals surface area contributed by atoms with Gasteiger partial charge in [0.25, 0.3) is 6.71 Å². The van der Waals surface area contributed by atoms with E-state index in [1.165, 1.54) is 0 Å². The topological polar surface area (TPSA) is 54.1 Å². The fourth-order valence-electron chi connectivity index (χ4n) is 12.9. The van der Waals surface area contributed by atoms with E-state index in [1.807, 2.05) is 112 Å². The number of nitrogens with zero attached hydrogens (tertiary/aromatic N) is 4. The number of hydrogen-bond acceptors (Lipinski definition) is 4. The van der Waals surface area contributed by atoms with Crippen LogP contribution >= 0.6 is 0 Å². The van der Waals surface area contributed by atoms with Crippen LogP contribution in [0, 0.1) is 22.7 Å². The zero-order chi connectivity index (χ0) is 77.0. The zero-order valence-electron chi connectivity index (χ0n) is 69.0. The third-order valence-electron chi connectivity index (χ3n) is 17.3. The Labute approximate surface area is 542 Å². The summed E-state index contributed by atoms with van der Waals surface area (Å²) in [6, 6.07) is 28.1. The second-order valence-electron chi connectivity index (χ2n) is 24.7. The van der Waals surface area contributed by atoms with Crippen LogP contribution in [0.2, 0.25) is 0 Å². The predicted octanol–water partition coefficient (Wildman–Crippen LogP) is 20.2. The van der Waals surface area contributed by atoms with Gasteiger partial charge in [-0.3, -0.25) is 0 Å². The molecule has 11 aromatic carbocycles. The van der Waals surface area contributed by atoms with Gasteiger partial charge >= 0.3 is 0 Å². The van der Waals surface area contributed by atoms with Crippen molar-refractivity contribution < 1.29 is 27.4 Å². The quantitative estimate of drug-likeness (QED) is 0.135. The molecule has 3 aliphatic rings. The lowest BCUT2D eigenvalue weighted by Crippen LogP contribution is -2.61. The highest BCUT2D eigenvalue weighted by atomic mass is 15.2. The summed E-state index contributed by atoms with van der Waals surface area (Å²) in [6.07, 6.45) is 3.91. The van der Waals surface area contributed by atoms with Crippen LogP contribution in [0.4, 0.5) is 34.1 Å². The average molecular weight is 1140 g/mol. The average Bonchev–Trinajstić information content (AvgIpc) is 0.685. The maximum atomic E-state index is 10.1. The van der Waals surface area contributed by atoms with Crippen LogP contribution in [-0.2, 0) is 10.8 Å². The fourth-order valence-corrected chi connectivity index (χ4v) is 12.9. The molecule has 2 aliphatic heterocycles. The molecule has 0 radical (unpaired) electrons. The van der Waals surface area contributed by atoms with E-state index >= 15 is 0 Å². The number of fused-ring (bicyclic) bond motifs is 4. The van der Waals surface area contributed by atoms with Crippen LogP contribution in [0.15, 0.2) is 242 Å². The first-order valence-corrected chi connectivity index (χ1v) is 29.3. The van der Waals surface area contributed by atoms with E-state index in [9.17, 15) is 32.5 Å². The van der Waals surface area contributed by atoms with Crippen LogP contribution in [0.5, 0.6) is 0 Å². The molecule has 0 unspecified atom stereocenters. The summed E-state index contributed by atoms with van der Waals surface area (Å²) < 4.78 is 190. The summed E-state index contributed by atoms with van der Waals surface area (Å²) in [6.45, 7) is 10.5. The Morgan fingerprint density at radius 1 is 0.391 bits per heavy atom. The van der Waals surface area contributed by atoms with Gasteiger partial charge in [0.15, 0.2) is 0 Å². The smallest absolute Gasteiger partial charge is 0.252 e. The SMILES string of the molecule is [2H]c1c([2H])c([2H])c(-c2cc(C(C)(C)C)cc(-c3c([2H])c([2H])c([2H])c([2H])c3[2H])c2N2c3ccc(-c4ccc(C#N)cc4)cc3B3c4cc(-c5ccc(C#N)cc5)ccc4N(c4c(-c5c([2H])c([2H])c([2H])c([2H])c5[2H])cc(C(C)(C)C)cc4-c4c([2H])c([2H])c([2H])c([2H])c4[2H])c4cc(C5CCCCC5)cc2c43)c([2H])c1[2H]. The minimum absolute atomic E-state index is 0.0227. The van der Waals surface area contributed by atoms with Crippen LogP contribution in [0.3, 0.4) is 0 Å². The minimum atomic E-state index is -0.931. The van der Waals surface area contributed by atoms with Gasteiger partial charge in [0, 0.05) is 45.0 Å². The number of benzene rings is 11. The van der Waals surface area contributed by atoms with Gasteiger partial charge in [-0.2, -0.15) is 10.5 Å². The molecule has 0 aromatic heterocycles. The van der Waals surface area contributed by atoms with Gasteiger partial charge in [-0.05, 0) is 180 Å². The maximum absolute atomic E-state index is 10.1. The van der Waals surface area contributed by atoms with Crippen molar-refractivity contribution in [1.29, 1.82) is 10.5 Å². The molecule has 0 saturated heterocycles. The standard InChI is InChI=1S/C82H69BN4/c1-81(2,3)66-48-68(59-24-14-8-15-25-59)79(69(49-66)60-26-16-9-17-27-60)86-74-42-40-63(57-36-32-54(52-84)33-37-57)44-72(74)83-73-45-64(58-38-34-55(53-85)35-39-58)41-43-75(73)87(77-47-65(46-76(86)78(77)83)56-22-12-7-13-23-56)80-70(61-28-18-10-19-29-61)50-67(82(4,5)6)51-71(80)62-30-20-11-21-31-62/h8-11,14-21,24-51,56H,7,12-13,22-23H2,1-6H3/i8D,9D,10D,11D,14D,15D,16D,17D,18D,19D,20D,21D,24D,25D,26D,27D,28D,29D,30D,31D. The maximum Gasteiger partial charge on any atom is 0.252 e. The van der Waals surface area contributed by atoms with Crippen molar-refractivity contribution in [3.8, 4) is 78.9 Å². The molecule has 5 heteroatoms. The van der Waals surface area contributed by atoms with Gasteiger partial charge < -0.3 is 9.80 Å². The molecular weight excluding hydrogens is 1050 g/mol. The minimum Gasteiger partial charge on any atom is -0.310 e. The van der Waals surface area contributed by atoms with Crippen molar-refractivity contribution in [2.45, 2.75) is 90.4 Å². The predicted molar refractivity (Wildman–Crippen MR) is 366 cm³/mol. The van der Waals surface area contributed by atoms with Crippen molar-refractivity contribution in [3.63, 3.8) is 0 Å². The molecule has 14 rings (SSSR count). The molecule has 11 aromatic rings. The lowest BCUT2D eigenvalue weighted by Gasteiger charge is -2.46. The highest BCUT2D eigenvalue weighted by molar-refractivity contribution is 7.00. The number of nitriles is 2. The van der Waals surface area contributed by atoms with E-state index in [2.05, 4.69) is 24.3 Å². The summed E-state index contributed by atoms with van der Waals surface area (Å²) in [5, 5.41) is 20.2. The van der Waals surface area contributed by atoms with Crippen LogP contribution in [0.1, 0.15) is 135 Å². The molecule has 0 spiro atoms. The second-order valence-corrected chi connectivity index (χ2v) is 24.7. The summed E-state index contributed by atoms with van der Waals surface area (Å²) in [4.78, 5) is 3.78. The molecule has 0 atom stereocenters. The first-order valence-electron chi connectivity index (χ1n) is 39.3. The molecule has 0 amide bonds. The Morgan fingerprint density at radius 2 is 0.724 bits per heavy atom. The van der Waals surface area contributed by atoms with Gasteiger partial charge in [0.05, 0.1) is 62.1 Å². The molecule has 1 saturated carbocycles. The van der Waals surface area contributed by atoms with E-state index in [-0.39, 0.29) is 61.8 Å². The third kappa shape index (κ3) is 10.0. The van der Waals surface area contributed by atoms with Gasteiger partial charge in [0.1, 0.15) is 0 Å². The molecule has 87 heavy (non-hydrogen) atoms. The molecule has 0 bridgehead atoms. The Bertz CT molecular complexity index is 5130. The monoisotopic (exact) mass is 1140 g/mol. The number of anilines is 6. The molecule has 1 aliphatic carbocycles. The number of hydrogen-bond donors (Lipinski definition) is 0. The van der Waals surface area contributed by atoms with E-state index in [0.717, 1.165) is 24.8 Å². The van der Waals surface area contributed by atoms with Crippen molar-refractivity contribution in [2.75, 3.05) is 9.80 Å². The van der Waals surface area contributed by atoms with E-state index < -0.39 is 138 Å². The highest BCUT2D eigenvalue weighted by Gasteiger charge is 2.46. The van der Waals surface area contributed by atoms with Gasteiger partial charge in [0.2, 0.25) is 0 Å². The Balaban J connectivity index is 1.28. The molecular formula is C82H69BN4. The highest BCUT2D eigenvalue weighted by Crippen LogP contribution is 2.55. The van der Waals surface area contributed by atoms with Gasteiger partial charge in [-0.25, -0.2) is 0 Å². The molecule has 420 valence electrons. The molecule has 2 heterocycles.